The number of carbonyl (C=O) groups excluding carboxylic acids is 2. The minimum absolute atomic E-state index is 0.0614. The third-order valence-corrected chi connectivity index (χ3v) is 5.63. The number of nitrogens with one attached hydrogen (secondary N) is 1. The van der Waals surface area contributed by atoms with E-state index in [-0.39, 0.29) is 16.7 Å². The molecule has 1 aromatic rings. The zero-order valence-corrected chi connectivity index (χ0v) is 12.9. The van der Waals surface area contributed by atoms with E-state index in [4.69, 9.17) is 0 Å². The van der Waals surface area contributed by atoms with E-state index in [0.29, 0.717) is 31.6 Å². The number of hydrogen-bond acceptors (Lipinski definition) is 4. The molecule has 0 atom stereocenters. The third-order valence-electron chi connectivity index (χ3n) is 3.77. The molecule has 0 saturated carbocycles. The van der Waals surface area contributed by atoms with Crippen molar-refractivity contribution < 1.29 is 18.0 Å². The maximum absolute atomic E-state index is 12.6. The van der Waals surface area contributed by atoms with Crippen LogP contribution in [0.1, 0.15) is 23.3 Å². The fourth-order valence-electron chi connectivity index (χ4n) is 2.43. The topological polar surface area (TPSA) is 88.5 Å². The normalized spacial score (nSPS) is 17.6. The number of sulfonamides is 1. The predicted octanol–water partition coefficient (Wildman–Crippen LogP) is -0.0157. The van der Waals surface area contributed by atoms with Gasteiger partial charge in [0.25, 0.3) is 5.91 Å². The van der Waals surface area contributed by atoms with Crippen molar-refractivity contribution in [3.8, 4) is 0 Å². The van der Waals surface area contributed by atoms with Crippen molar-refractivity contribution in [2.45, 2.75) is 17.7 Å². The fourth-order valence-corrected chi connectivity index (χ4v) is 3.97. The molecule has 7 nitrogen and oxygen atoms in total. The van der Waals surface area contributed by atoms with Gasteiger partial charge in [0.15, 0.2) is 0 Å². The summed E-state index contributed by atoms with van der Waals surface area (Å²) in [6.45, 7) is 0.659. The summed E-state index contributed by atoms with van der Waals surface area (Å²) in [5.74, 6) is -0.396. The summed E-state index contributed by atoms with van der Waals surface area (Å²) < 4.78 is 28.0. The van der Waals surface area contributed by atoms with Crippen molar-refractivity contribution in [2.75, 3.05) is 20.1 Å². The van der Waals surface area contributed by atoms with E-state index < -0.39 is 10.0 Å². The van der Waals surface area contributed by atoms with Crippen molar-refractivity contribution in [1.82, 2.24) is 14.2 Å². The van der Waals surface area contributed by atoms with E-state index in [0.717, 1.165) is 6.29 Å². The SMILES string of the molecule is CNC(=O)c1cc(S(=O)(=O)N2CCC(C=O)CC2)cn1C. The Morgan fingerprint density at radius 2 is 2.00 bits per heavy atom. The second-order valence-electron chi connectivity index (χ2n) is 5.13. The van der Waals surface area contributed by atoms with Gasteiger partial charge >= 0.3 is 0 Å². The first-order valence-corrected chi connectivity index (χ1v) is 8.18. The summed E-state index contributed by atoms with van der Waals surface area (Å²) >= 11 is 0. The van der Waals surface area contributed by atoms with Crippen LogP contribution in [0.5, 0.6) is 0 Å². The summed E-state index contributed by atoms with van der Waals surface area (Å²) in [5, 5.41) is 2.47. The van der Waals surface area contributed by atoms with Crippen LogP contribution in [-0.4, -0.2) is 49.6 Å². The first kappa shape index (κ1) is 15.7. The smallest absolute Gasteiger partial charge is 0.267 e. The summed E-state index contributed by atoms with van der Waals surface area (Å²) in [6, 6.07) is 1.37. The van der Waals surface area contributed by atoms with Gasteiger partial charge in [-0.05, 0) is 18.9 Å². The van der Waals surface area contributed by atoms with Crippen LogP contribution in [0.3, 0.4) is 0 Å². The van der Waals surface area contributed by atoms with Crippen molar-refractivity contribution >= 4 is 22.2 Å². The van der Waals surface area contributed by atoms with Crippen molar-refractivity contribution in [3.05, 3.63) is 18.0 Å². The van der Waals surface area contributed by atoms with Crippen LogP contribution in [0.25, 0.3) is 0 Å². The van der Waals surface area contributed by atoms with Gasteiger partial charge in [-0.15, -0.1) is 0 Å². The number of rotatable bonds is 4. The zero-order valence-electron chi connectivity index (χ0n) is 12.1. The Kier molecular flexibility index (Phi) is 4.48. The molecule has 0 radical (unpaired) electrons. The summed E-state index contributed by atoms with van der Waals surface area (Å²) in [5.41, 5.74) is 0.291. The average molecular weight is 313 g/mol. The van der Waals surface area contributed by atoms with Gasteiger partial charge < -0.3 is 14.7 Å². The van der Waals surface area contributed by atoms with E-state index in [1.54, 1.807) is 7.05 Å². The maximum Gasteiger partial charge on any atom is 0.267 e. The predicted molar refractivity (Wildman–Crippen MR) is 76.4 cm³/mol. The lowest BCUT2D eigenvalue weighted by Crippen LogP contribution is -2.38. The van der Waals surface area contributed by atoms with Crippen LogP contribution < -0.4 is 5.32 Å². The van der Waals surface area contributed by atoms with Gasteiger partial charge in [0.2, 0.25) is 10.0 Å². The van der Waals surface area contributed by atoms with Gasteiger partial charge in [0, 0.05) is 39.3 Å². The van der Waals surface area contributed by atoms with Crippen LogP contribution in [0.4, 0.5) is 0 Å². The summed E-state index contributed by atoms with van der Waals surface area (Å²) in [6.07, 6.45) is 3.40. The van der Waals surface area contributed by atoms with Gasteiger partial charge in [-0.2, -0.15) is 4.31 Å². The number of piperidine rings is 1. The molecule has 1 N–H and O–H groups in total. The molecule has 1 aromatic heterocycles. The highest BCUT2D eigenvalue weighted by Crippen LogP contribution is 2.24. The van der Waals surface area contributed by atoms with E-state index in [2.05, 4.69) is 5.32 Å². The van der Waals surface area contributed by atoms with Crippen molar-refractivity contribution in [3.63, 3.8) is 0 Å². The number of aldehydes is 1. The Labute approximate surface area is 124 Å². The van der Waals surface area contributed by atoms with Gasteiger partial charge in [-0.3, -0.25) is 4.79 Å². The molecule has 0 bridgehead atoms. The molecule has 0 spiro atoms. The Morgan fingerprint density at radius 1 is 1.38 bits per heavy atom. The molecule has 2 heterocycles. The lowest BCUT2D eigenvalue weighted by molar-refractivity contribution is -0.112. The highest BCUT2D eigenvalue weighted by molar-refractivity contribution is 7.89. The monoisotopic (exact) mass is 313 g/mol. The fraction of sp³-hybridized carbons (Fsp3) is 0.538. The molecule has 0 aliphatic carbocycles. The van der Waals surface area contributed by atoms with Crippen LogP contribution in [0.15, 0.2) is 17.2 Å². The molecule has 0 aromatic carbocycles. The third kappa shape index (κ3) is 3.01. The number of amides is 1. The quantitative estimate of drug-likeness (QED) is 0.792. The van der Waals surface area contributed by atoms with E-state index in [1.807, 2.05) is 0 Å². The zero-order chi connectivity index (χ0) is 15.6. The molecule has 21 heavy (non-hydrogen) atoms. The largest absolute Gasteiger partial charge is 0.354 e. The number of hydrogen-bond donors (Lipinski definition) is 1. The summed E-state index contributed by atoms with van der Waals surface area (Å²) in [7, 11) is -0.500. The van der Waals surface area contributed by atoms with Crippen molar-refractivity contribution in [2.24, 2.45) is 13.0 Å². The molecule has 1 saturated heterocycles. The molecule has 1 amide bonds. The lowest BCUT2D eigenvalue weighted by atomic mass is 10.0. The van der Waals surface area contributed by atoms with Gasteiger partial charge in [-0.1, -0.05) is 0 Å². The van der Waals surface area contributed by atoms with Crippen molar-refractivity contribution in [1.29, 1.82) is 0 Å². The number of nitrogens with zero attached hydrogens (tertiary/aromatic N) is 2. The standard InChI is InChI=1S/C13H19N3O4S/c1-14-13(18)12-7-11(8-15(12)2)21(19,20)16-5-3-10(9-17)4-6-16/h7-10H,3-6H2,1-2H3,(H,14,18). The second-order valence-corrected chi connectivity index (χ2v) is 7.07. The van der Waals surface area contributed by atoms with E-state index in [9.17, 15) is 18.0 Å². The summed E-state index contributed by atoms with van der Waals surface area (Å²) in [4.78, 5) is 22.5. The highest BCUT2D eigenvalue weighted by Gasteiger charge is 2.30. The second kappa shape index (κ2) is 5.98. The Bertz CT molecular complexity index is 642. The van der Waals surface area contributed by atoms with Crippen LogP contribution in [0.2, 0.25) is 0 Å². The highest BCUT2D eigenvalue weighted by atomic mass is 32.2. The Morgan fingerprint density at radius 3 is 2.52 bits per heavy atom. The molecule has 1 aliphatic rings. The maximum atomic E-state index is 12.6. The first-order chi connectivity index (χ1) is 9.90. The Balaban J connectivity index is 2.24. The minimum Gasteiger partial charge on any atom is -0.354 e. The number of aromatic nitrogens is 1. The molecule has 0 unspecified atom stereocenters. The van der Waals surface area contributed by atoms with Crippen LogP contribution in [0, 0.1) is 5.92 Å². The van der Waals surface area contributed by atoms with E-state index >= 15 is 0 Å². The lowest BCUT2D eigenvalue weighted by Gasteiger charge is -2.28. The molecular weight excluding hydrogens is 294 g/mol. The molecular formula is C13H19N3O4S. The molecule has 1 aliphatic heterocycles. The average Bonchev–Trinajstić information content (AvgIpc) is 2.89. The van der Waals surface area contributed by atoms with Gasteiger partial charge in [-0.25, -0.2) is 8.42 Å². The van der Waals surface area contributed by atoms with Gasteiger partial charge in [0.1, 0.15) is 16.9 Å². The van der Waals surface area contributed by atoms with Crippen LogP contribution >= 0.6 is 0 Å². The van der Waals surface area contributed by atoms with Crippen LogP contribution in [-0.2, 0) is 21.9 Å². The molecule has 2 rings (SSSR count). The number of carbonyl (C=O) groups is 2. The molecule has 116 valence electrons. The number of aryl methyl sites for hydroxylation is 1. The minimum atomic E-state index is -3.62. The molecule has 8 heteroatoms. The first-order valence-electron chi connectivity index (χ1n) is 6.74. The molecule has 1 fully saturated rings. The Hall–Kier alpha value is -1.67. The van der Waals surface area contributed by atoms with E-state index in [1.165, 1.54) is 28.2 Å². The van der Waals surface area contributed by atoms with Gasteiger partial charge in [0.05, 0.1) is 0 Å².